The van der Waals surface area contributed by atoms with E-state index >= 15 is 0 Å². The van der Waals surface area contributed by atoms with Gasteiger partial charge in [0, 0.05) is 39.6 Å². The van der Waals surface area contributed by atoms with Gasteiger partial charge in [-0.05, 0) is 77.2 Å². The van der Waals surface area contributed by atoms with Crippen LogP contribution in [0.4, 0.5) is 0 Å². The summed E-state index contributed by atoms with van der Waals surface area (Å²) in [5, 5.41) is 4.75. The average molecular weight is 524 g/mol. The van der Waals surface area contributed by atoms with E-state index in [-0.39, 0.29) is 0 Å². The van der Waals surface area contributed by atoms with E-state index < -0.39 is 0 Å². The molecule has 0 aliphatic heterocycles. The van der Waals surface area contributed by atoms with Crippen LogP contribution in [0.25, 0.3) is 77.1 Å². The Kier molecular flexibility index (Phi) is 3.92. The van der Waals surface area contributed by atoms with Crippen molar-refractivity contribution in [1.82, 2.24) is 23.9 Å². The third-order valence-corrected chi connectivity index (χ3v) is 8.85. The fourth-order valence-electron chi connectivity index (χ4n) is 7.16. The Labute approximate surface area is 234 Å². The first kappa shape index (κ1) is 21.3. The molecule has 0 saturated carbocycles. The van der Waals surface area contributed by atoms with Crippen molar-refractivity contribution in [1.29, 1.82) is 0 Å². The second-order valence-corrected chi connectivity index (χ2v) is 10.9. The molecule has 0 bridgehead atoms. The van der Waals surface area contributed by atoms with E-state index in [1.54, 1.807) is 0 Å². The Balaban J connectivity index is 1.45. The molecule has 0 atom stereocenters. The van der Waals surface area contributed by atoms with Crippen LogP contribution in [-0.4, -0.2) is 23.9 Å². The number of pyridine rings is 3. The van der Waals surface area contributed by atoms with E-state index in [0.717, 1.165) is 50.6 Å². The Bertz CT molecular complexity index is 2550. The topological polar surface area (TPSA) is 48.0 Å². The van der Waals surface area contributed by atoms with Gasteiger partial charge >= 0.3 is 0 Å². The van der Waals surface area contributed by atoms with Crippen LogP contribution < -0.4 is 0 Å². The summed E-state index contributed by atoms with van der Waals surface area (Å²) in [7, 11) is 0. The van der Waals surface area contributed by atoms with Crippen molar-refractivity contribution in [3.8, 4) is 16.8 Å². The summed E-state index contributed by atoms with van der Waals surface area (Å²) >= 11 is 0. The molecule has 0 radical (unpaired) electrons. The molecule has 0 fully saturated rings. The number of aromatic nitrogens is 5. The molecule has 10 rings (SSSR count). The Hall–Kier alpha value is -5.55. The van der Waals surface area contributed by atoms with Crippen LogP contribution in [0.5, 0.6) is 0 Å². The number of rotatable bonds is 1. The first-order valence-corrected chi connectivity index (χ1v) is 13.9. The molecule has 5 nitrogen and oxygen atoms in total. The lowest BCUT2D eigenvalue weighted by Crippen LogP contribution is -1.95. The van der Waals surface area contributed by atoms with Crippen molar-refractivity contribution in [2.24, 2.45) is 0 Å². The van der Waals surface area contributed by atoms with Crippen LogP contribution in [0.1, 0.15) is 11.1 Å². The van der Waals surface area contributed by atoms with E-state index in [1.165, 1.54) is 44.1 Å². The summed E-state index contributed by atoms with van der Waals surface area (Å²) in [4.78, 5) is 14.5. The highest BCUT2D eigenvalue weighted by atomic mass is 15.0. The molecule has 0 saturated heterocycles. The molecule has 5 heteroatoms. The monoisotopic (exact) mass is 523 g/mol. The number of nitrogens with zero attached hydrogens (tertiary/aromatic N) is 5. The summed E-state index contributed by atoms with van der Waals surface area (Å²) in [5.41, 5.74) is 13.9. The average Bonchev–Trinajstić information content (AvgIpc) is 3.70. The van der Waals surface area contributed by atoms with Crippen LogP contribution in [0.3, 0.4) is 0 Å². The Morgan fingerprint density at radius 2 is 1.54 bits per heavy atom. The van der Waals surface area contributed by atoms with Gasteiger partial charge in [0.15, 0.2) is 0 Å². The Morgan fingerprint density at radius 1 is 0.634 bits per heavy atom. The molecule has 0 amide bonds. The van der Waals surface area contributed by atoms with Gasteiger partial charge in [-0.1, -0.05) is 48.5 Å². The van der Waals surface area contributed by atoms with Crippen molar-refractivity contribution in [2.45, 2.75) is 6.42 Å². The quantitative estimate of drug-likeness (QED) is 0.204. The molecule has 0 unspecified atom stereocenters. The van der Waals surface area contributed by atoms with Crippen molar-refractivity contribution in [3.63, 3.8) is 0 Å². The SMILES string of the molecule is c1ccc(-n2c3cc4c(cc3c3c5c(ccc32)-c2ccccc2C5)c2nc3ccncc3n2c2cccnc42)cc1. The van der Waals surface area contributed by atoms with E-state index in [9.17, 15) is 0 Å². The minimum Gasteiger partial charge on any atom is -0.309 e. The Morgan fingerprint density at radius 3 is 2.49 bits per heavy atom. The number of imidazole rings is 1. The van der Waals surface area contributed by atoms with Crippen molar-refractivity contribution < 1.29 is 0 Å². The predicted molar refractivity (Wildman–Crippen MR) is 166 cm³/mol. The molecule has 190 valence electrons. The van der Waals surface area contributed by atoms with Gasteiger partial charge in [-0.2, -0.15) is 0 Å². The molecule has 5 heterocycles. The summed E-state index contributed by atoms with van der Waals surface area (Å²) in [6.07, 6.45) is 6.52. The lowest BCUT2D eigenvalue weighted by atomic mass is 9.99. The van der Waals surface area contributed by atoms with Gasteiger partial charge in [-0.15, -0.1) is 0 Å². The molecule has 0 N–H and O–H groups in total. The maximum absolute atomic E-state index is 5.14. The van der Waals surface area contributed by atoms with Crippen LogP contribution in [0.2, 0.25) is 0 Å². The van der Waals surface area contributed by atoms with Crippen LogP contribution >= 0.6 is 0 Å². The smallest absolute Gasteiger partial charge is 0.146 e. The minimum absolute atomic E-state index is 0.931. The molecular weight excluding hydrogens is 502 g/mol. The summed E-state index contributed by atoms with van der Waals surface area (Å²) < 4.78 is 4.63. The van der Waals surface area contributed by atoms with Gasteiger partial charge in [0.25, 0.3) is 0 Å². The predicted octanol–water partition coefficient (Wildman–Crippen LogP) is 8.25. The highest BCUT2D eigenvalue weighted by Crippen LogP contribution is 2.46. The first-order valence-electron chi connectivity index (χ1n) is 13.9. The fraction of sp³-hybridized carbons (Fsp3) is 0.0278. The molecule has 4 aromatic carbocycles. The molecule has 1 aliphatic carbocycles. The molecule has 9 aromatic rings. The van der Waals surface area contributed by atoms with Crippen molar-refractivity contribution in [3.05, 3.63) is 127 Å². The van der Waals surface area contributed by atoms with E-state index in [0.29, 0.717) is 0 Å². The maximum Gasteiger partial charge on any atom is 0.146 e. The number of fused-ring (bicyclic) bond motifs is 15. The third kappa shape index (κ3) is 2.68. The zero-order chi connectivity index (χ0) is 26.7. The summed E-state index contributed by atoms with van der Waals surface area (Å²) in [6, 6.07) is 34.9. The largest absolute Gasteiger partial charge is 0.309 e. The van der Waals surface area contributed by atoms with Crippen molar-refractivity contribution >= 4 is 60.3 Å². The normalized spacial score (nSPS) is 12.8. The third-order valence-electron chi connectivity index (χ3n) is 8.85. The molecular formula is C36H21N5. The standard InChI is InChI=1S/C36H21N5/c1-2-8-22(9-3-1)40-30-13-12-24-23-10-5-4-7-21(23)17-25(24)34(30)28-18-27-26(19-32(28)40)35-31(11-6-15-38-35)41-33-20-37-16-14-29(33)39-36(27)41/h1-16,18-20H,17H2. The highest BCUT2D eigenvalue weighted by molar-refractivity contribution is 6.22. The first-order chi connectivity index (χ1) is 20.3. The lowest BCUT2D eigenvalue weighted by Gasteiger charge is -2.11. The maximum atomic E-state index is 5.14. The second-order valence-electron chi connectivity index (χ2n) is 10.9. The zero-order valence-electron chi connectivity index (χ0n) is 21.9. The molecule has 1 aliphatic rings. The summed E-state index contributed by atoms with van der Waals surface area (Å²) in [6.45, 7) is 0. The molecule has 41 heavy (non-hydrogen) atoms. The second kappa shape index (κ2) is 7.55. The van der Waals surface area contributed by atoms with Gasteiger partial charge in [0.1, 0.15) is 5.65 Å². The van der Waals surface area contributed by atoms with Crippen LogP contribution in [0, 0.1) is 0 Å². The zero-order valence-corrected chi connectivity index (χ0v) is 21.9. The fourth-order valence-corrected chi connectivity index (χ4v) is 7.16. The number of para-hydroxylation sites is 1. The number of hydrogen-bond donors (Lipinski definition) is 0. The number of hydrogen-bond acceptors (Lipinski definition) is 3. The molecule has 5 aromatic heterocycles. The van der Waals surface area contributed by atoms with Gasteiger partial charge in [0.2, 0.25) is 0 Å². The van der Waals surface area contributed by atoms with Crippen LogP contribution in [-0.2, 0) is 6.42 Å². The summed E-state index contributed by atoms with van der Waals surface area (Å²) in [5.74, 6) is 0. The lowest BCUT2D eigenvalue weighted by molar-refractivity contribution is 1.18. The van der Waals surface area contributed by atoms with Gasteiger partial charge in [0.05, 0.1) is 39.3 Å². The van der Waals surface area contributed by atoms with Crippen LogP contribution in [0.15, 0.2) is 116 Å². The highest BCUT2D eigenvalue weighted by Gasteiger charge is 2.25. The van der Waals surface area contributed by atoms with Gasteiger partial charge < -0.3 is 4.57 Å². The van der Waals surface area contributed by atoms with Gasteiger partial charge in [-0.3, -0.25) is 14.4 Å². The minimum atomic E-state index is 0.931. The number of benzene rings is 4. The molecule has 0 spiro atoms. The van der Waals surface area contributed by atoms with Gasteiger partial charge in [-0.25, -0.2) is 4.98 Å². The van der Waals surface area contributed by atoms with E-state index in [2.05, 4.69) is 98.9 Å². The van der Waals surface area contributed by atoms with E-state index in [1.807, 2.05) is 30.7 Å². The van der Waals surface area contributed by atoms with E-state index in [4.69, 9.17) is 9.97 Å². The van der Waals surface area contributed by atoms with Crippen molar-refractivity contribution in [2.75, 3.05) is 0 Å².